The van der Waals surface area contributed by atoms with Gasteiger partial charge in [0.15, 0.2) is 0 Å². The van der Waals surface area contributed by atoms with Crippen LogP contribution in [0.3, 0.4) is 0 Å². The number of anilines is 1. The largest absolute Gasteiger partial charge is 0.361 e. The van der Waals surface area contributed by atoms with Crippen molar-refractivity contribution in [2.45, 2.75) is 131 Å². The number of aromatic nitrogens is 7. The highest BCUT2D eigenvalue weighted by atomic mass is 16.5. The van der Waals surface area contributed by atoms with E-state index in [1.165, 1.54) is 57.2 Å². The van der Waals surface area contributed by atoms with E-state index in [2.05, 4.69) is 89.1 Å². The Kier molecular flexibility index (Phi) is 18.7. The van der Waals surface area contributed by atoms with Gasteiger partial charge in [-0.2, -0.15) is 0 Å². The van der Waals surface area contributed by atoms with E-state index in [-0.39, 0.29) is 14.3 Å². The van der Waals surface area contributed by atoms with Crippen LogP contribution < -0.4 is 10.9 Å². The monoisotopic (exact) mass is 845 g/mol. The number of nitrogens with one attached hydrogen (secondary N) is 2. The molecule has 5 aromatic heterocycles. The average Bonchev–Trinajstić information content (AvgIpc) is 4.17. The third-order valence-corrected chi connectivity index (χ3v) is 10.7. The molecule has 7 aromatic rings. The standard InChI is InChI=1S/C14H16N4O2.C14H14N4O2.2C9H10.2C2H6.2H2/c2*1-2-9-7-10(20-18-9)3-5-12-11-4-6-13(19)17-14(11)16-8-15-12;2*1-2-5-9-7-3-6-8(9)4-1;2*1-2;;/h7-8H,2-6H2,1H3,(H,15,16,17,19);4,6-8H,2-3,5H2,1H3,(H,15,16,17,19);2*1-2,4-5H,3,6-7H2;2*1-2H3;2*1H/i;;;;;;2*1+1. The first-order chi connectivity index (χ1) is 30.4. The van der Waals surface area contributed by atoms with Gasteiger partial charge in [-0.1, -0.05) is 100 Å². The predicted octanol–water partition coefficient (Wildman–Crippen LogP) is 10.2. The molecule has 12 nitrogen and oxygen atoms in total. The van der Waals surface area contributed by atoms with Crippen molar-refractivity contribution in [3.63, 3.8) is 0 Å². The van der Waals surface area contributed by atoms with Crippen molar-refractivity contribution in [2.24, 2.45) is 0 Å². The summed E-state index contributed by atoms with van der Waals surface area (Å²) in [6.45, 7) is 12.1. The fourth-order valence-corrected chi connectivity index (χ4v) is 7.48. The van der Waals surface area contributed by atoms with Gasteiger partial charge in [-0.3, -0.25) is 9.59 Å². The highest BCUT2D eigenvalue weighted by molar-refractivity contribution is 5.92. The number of carbonyl (C=O) groups is 1. The molecule has 0 fully saturated rings. The number of hydrogen-bond donors (Lipinski definition) is 2. The summed E-state index contributed by atoms with van der Waals surface area (Å²) in [7, 11) is 0. The summed E-state index contributed by atoms with van der Waals surface area (Å²) in [6.07, 6.45) is 16.8. The molecule has 2 aromatic carbocycles. The van der Waals surface area contributed by atoms with E-state index >= 15 is 0 Å². The molecule has 1 amide bonds. The number of H-pyrrole nitrogens is 1. The smallest absolute Gasteiger partial charge is 0.249 e. The van der Waals surface area contributed by atoms with Gasteiger partial charge in [0.2, 0.25) is 11.5 Å². The Morgan fingerprint density at radius 2 is 1.08 bits per heavy atom. The number of nitrogens with zero attached hydrogens (tertiary/aromatic N) is 6. The quantitative estimate of drug-likeness (QED) is 0.150. The normalized spacial score (nSPS) is 12.8. The van der Waals surface area contributed by atoms with E-state index in [4.69, 9.17) is 9.05 Å². The number of hydrogen-bond acceptors (Lipinski definition) is 10. The van der Waals surface area contributed by atoms with Crippen molar-refractivity contribution in [3.05, 3.63) is 158 Å². The van der Waals surface area contributed by atoms with Crippen LogP contribution >= 0.6 is 0 Å². The minimum atomic E-state index is -0.162. The zero-order chi connectivity index (χ0) is 44.1. The maximum Gasteiger partial charge on any atom is 0.249 e. The molecule has 0 bridgehead atoms. The van der Waals surface area contributed by atoms with E-state index in [0.29, 0.717) is 30.7 Å². The first-order valence-electron chi connectivity index (χ1n) is 22.4. The van der Waals surface area contributed by atoms with Gasteiger partial charge >= 0.3 is 0 Å². The lowest BCUT2D eigenvalue weighted by molar-refractivity contribution is -0.116. The van der Waals surface area contributed by atoms with Crippen LogP contribution in [-0.2, 0) is 75.4 Å². The molecule has 330 valence electrons. The Hall–Kier alpha value is -6.30. The van der Waals surface area contributed by atoms with Crippen LogP contribution in [0.15, 0.2) is 99.3 Å². The average molecular weight is 845 g/mol. The second-order valence-corrected chi connectivity index (χ2v) is 14.6. The van der Waals surface area contributed by atoms with Crippen molar-refractivity contribution in [1.29, 1.82) is 0 Å². The summed E-state index contributed by atoms with van der Waals surface area (Å²) in [5, 5.41) is 11.6. The molecular weight excluding hydrogens is 777 g/mol. The molecule has 6 heterocycles. The topological polar surface area (TPSA) is 166 Å². The van der Waals surface area contributed by atoms with Gasteiger partial charge in [-0.25, -0.2) is 19.9 Å². The molecule has 0 radical (unpaired) electrons. The number of rotatable bonds is 8. The van der Waals surface area contributed by atoms with Gasteiger partial charge in [-0.15, -0.1) is 0 Å². The molecule has 0 unspecified atom stereocenters. The summed E-state index contributed by atoms with van der Waals surface area (Å²) in [5.41, 5.74) is 11.5. The number of pyridine rings is 1. The van der Waals surface area contributed by atoms with Crippen molar-refractivity contribution in [3.8, 4) is 0 Å². The minimum absolute atomic E-state index is 0. The first-order valence-corrected chi connectivity index (χ1v) is 22.4. The highest BCUT2D eigenvalue weighted by Gasteiger charge is 2.20. The van der Waals surface area contributed by atoms with Gasteiger partial charge in [0.05, 0.1) is 17.1 Å². The van der Waals surface area contributed by atoms with E-state index in [0.717, 1.165) is 77.3 Å². The van der Waals surface area contributed by atoms with Gasteiger partial charge < -0.3 is 19.3 Å². The number of carbonyl (C=O) groups excluding carboxylic acids is 1. The van der Waals surface area contributed by atoms with Crippen LogP contribution in [0.2, 0.25) is 0 Å². The Morgan fingerprint density at radius 1 is 0.581 bits per heavy atom. The fraction of sp³-hybridized carbons (Fsp3) is 0.400. The lowest BCUT2D eigenvalue weighted by atomic mass is 10.0. The molecule has 10 rings (SSSR count). The molecule has 0 saturated carbocycles. The second-order valence-electron chi connectivity index (χ2n) is 14.6. The Labute approximate surface area is 368 Å². The predicted molar refractivity (Wildman–Crippen MR) is 250 cm³/mol. The minimum Gasteiger partial charge on any atom is -0.361 e. The van der Waals surface area contributed by atoms with Crippen LogP contribution in [0.25, 0.3) is 11.0 Å². The van der Waals surface area contributed by atoms with Gasteiger partial charge in [0.25, 0.3) is 0 Å². The molecule has 0 saturated heterocycles. The number of benzene rings is 2. The number of aryl methyl sites for hydroxylation is 10. The third-order valence-electron chi connectivity index (χ3n) is 10.7. The molecule has 1 aliphatic heterocycles. The number of amides is 1. The SMILES string of the molecule is CC.CC.CCc1cc(CCc2ncnc3[nH]c(=O)ccc23)on1.CCc1cc(CCc2ncnc3c2CCC(=O)N3)on1.[2HH].[2HH].c1ccc2c(c1)CCC2.c1ccc2c(c1)CCC2. The van der Waals surface area contributed by atoms with Crippen LogP contribution in [0, 0.1) is 0 Å². The van der Waals surface area contributed by atoms with Crippen molar-refractivity contribution < 1.29 is 16.7 Å². The van der Waals surface area contributed by atoms with Crippen LogP contribution in [-0.4, -0.2) is 41.1 Å². The molecular formula is C50H66N8O4. The molecule has 0 spiro atoms. The summed E-state index contributed by atoms with van der Waals surface area (Å²) >= 11 is 0. The lowest BCUT2D eigenvalue weighted by Gasteiger charge is -2.17. The van der Waals surface area contributed by atoms with Crippen molar-refractivity contribution in [2.75, 3.05) is 5.32 Å². The molecule has 3 aliphatic rings. The fourth-order valence-electron chi connectivity index (χ4n) is 7.48. The van der Waals surface area contributed by atoms with Crippen molar-refractivity contribution >= 4 is 22.8 Å². The molecule has 2 aliphatic carbocycles. The molecule has 0 atom stereocenters. The molecule has 62 heavy (non-hydrogen) atoms. The lowest BCUT2D eigenvalue weighted by Crippen LogP contribution is -2.22. The van der Waals surface area contributed by atoms with E-state index in [9.17, 15) is 9.59 Å². The summed E-state index contributed by atoms with van der Waals surface area (Å²) in [4.78, 5) is 42.1. The Balaban J connectivity index is 0.000000230. The van der Waals surface area contributed by atoms with Crippen molar-refractivity contribution in [1.82, 2.24) is 35.2 Å². The summed E-state index contributed by atoms with van der Waals surface area (Å²) in [6, 6.07) is 24.7. The third kappa shape index (κ3) is 13.3. The summed E-state index contributed by atoms with van der Waals surface area (Å²) < 4.78 is 10.5. The zero-order valence-corrected chi connectivity index (χ0v) is 37.3. The molecule has 12 heteroatoms. The van der Waals surface area contributed by atoms with Gasteiger partial charge in [0, 0.05) is 57.0 Å². The highest BCUT2D eigenvalue weighted by Crippen LogP contribution is 2.24. The first kappa shape index (κ1) is 46.8. The van der Waals surface area contributed by atoms with Crippen LogP contribution in [0.1, 0.15) is 126 Å². The number of aromatic amines is 1. The van der Waals surface area contributed by atoms with Crippen LogP contribution in [0.4, 0.5) is 5.82 Å². The van der Waals surface area contributed by atoms with E-state index in [1.807, 2.05) is 53.7 Å². The van der Waals surface area contributed by atoms with E-state index in [1.54, 1.807) is 28.3 Å². The van der Waals surface area contributed by atoms with Gasteiger partial charge in [-0.05, 0) is 98.9 Å². The maximum atomic E-state index is 11.4. The van der Waals surface area contributed by atoms with Crippen LogP contribution in [0.5, 0.6) is 0 Å². The van der Waals surface area contributed by atoms with Gasteiger partial charge in [0.1, 0.15) is 35.6 Å². The van der Waals surface area contributed by atoms with E-state index < -0.39 is 0 Å². The Bertz CT molecular complexity index is 2420. The summed E-state index contributed by atoms with van der Waals surface area (Å²) in [5.74, 6) is 2.38. The molecule has 2 N–H and O–H groups in total. The number of fused-ring (bicyclic) bond motifs is 4. The zero-order valence-electron chi connectivity index (χ0n) is 37.3. The Morgan fingerprint density at radius 3 is 1.60 bits per heavy atom. The second kappa shape index (κ2) is 24.8. The maximum absolute atomic E-state index is 11.4.